The summed E-state index contributed by atoms with van der Waals surface area (Å²) in [5, 5.41) is 2.87. The Kier molecular flexibility index (Phi) is 4.59. The van der Waals surface area contributed by atoms with Crippen molar-refractivity contribution in [2.24, 2.45) is 5.73 Å². The fourth-order valence-corrected chi connectivity index (χ4v) is 2.37. The van der Waals surface area contributed by atoms with E-state index in [-0.39, 0.29) is 12.5 Å². The highest BCUT2D eigenvalue weighted by atomic mass is 16.1. The number of anilines is 2. The summed E-state index contributed by atoms with van der Waals surface area (Å²) in [7, 11) is 0. The summed E-state index contributed by atoms with van der Waals surface area (Å²) >= 11 is 0. The second-order valence-electron chi connectivity index (χ2n) is 4.67. The van der Waals surface area contributed by atoms with Crippen molar-refractivity contribution in [1.29, 1.82) is 0 Å². The predicted octanol–water partition coefficient (Wildman–Crippen LogP) is 1.96. The van der Waals surface area contributed by atoms with E-state index in [9.17, 15) is 4.79 Å². The van der Waals surface area contributed by atoms with Gasteiger partial charge in [0.2, 0.25) is 5.91 Å². The molecule has 1 fully saturated rings. The predicted molar refractivity (Wildman–Crippen MR) is 74.8 cm³/mol. The summed E-state index contributed by atoms with van der Waals surface area (Å²) in [6.07, 6.45) is 5.04. The van der Waals surface area contributed by atoms with Gasteiger partial charge in [0.15, 0.2) is 0 Å². The van der Waals surface area contributed by atoms with Crippen molar-refractivity contribution in [3.05, 3.63) is 24.3 Å². The van der Waals surface area contributed by atoms with E-state index < -0.39 is 0 Å². The van der Waals surface area contributed by atoms with Crippen LogP contribution in [0.15, 0.2) is 24.3 Å². The molecule has 0 saturated carbocycles. The van der Waals surface area contributed by atoms with E-state index in [2.05, 4.69) is 16.3 Å². The van der Waals surface area contributed by atoms with E-state index in [0.717, 1.165) is 24.5 Å². The zero-order valence-electron chi connectivity index (χ0n) is 10.7. The number of nitrogens with one attached hydrogen (secondary N) is 1. The SMILES string of the molecule is NCC(=O)Nc1ccccc1N1CCCCCC1. The standard InChI is InChI=1S/C14H21N3O/c15-11-14(18)16-12-7-3-4-8-13(12)17-9-5-1-2-6-10-17/h3-4,7-8H,1-2,5-6,9-11,15H2,(H,16,18). The molecule has 1 amide bonds. The number of para-hydroxylation sites is 2. The van der Waals surface area contributed by atoms with Gasteiger partial charge in [-0.15, -0.1) is 0 Å². The van der Waals surface area contributed by atoms with Gasteiger partial charge >= 0.3 is 0 Å². The Labute approximate surface area is 108 Å². The maximum Gasteiger partial charge on any atom is 0.238 e. The number of carbonyl (C=O) groups excluding carboxylic acids is 1. The molecule has 1 saturated heterocycles. The minimum absolute atomic E-state index is 0.0222. The lowest BCUT2D eigenvalue weighted by Gasteiger charge is -2.25. The van der Waals surface area contributed by atoms with Crippen molar-refractivity contribution in [3.63, 3.8) is 0 Å². The van der Waals surface area contributed by atoms with E-state index in [0.29, 0.717) is 0 Å². The van der Waals surface area contributed by atoms with Crippen LogP contribution in [0.1, 0.15) is 25.7 Å². The van der Waals surface area contributed by atoms with Crippen LogP contribution in [0.25, 0.3) is 0 Å². The van der Waals surface area contributed by atoms with Gasteiger partial charge in [-0.3, -0.25) is 4.79 Å². The Balaban J connectivity index is 2.17. The number of amides is 1. The molecule has 1 heterocycles. The van der Waals surface area contributed by atoms with Crippen LogP contribution in [0.5, 0.6) is 0 Å². The van der Waals surface area contributed by atoms with Gasteiger partial charge in [-0.05, 0) is 25.0 Å². The van der Waals surface area contributed by atoms with E-state index in [4.69, 9.17) is 5.73 Å². The number of carbonyl (C=O) groups is 1. The lowest BCUT2D eigenvalue weighted by Crippen LogP contribution is -2.27. The average molecular weight is 247 g/mol. The highest BCUT2D eigenvalue weighted by molar-refractivity contribution is 5.95. The molecular weight excluding hydrogens is 226 g/mol. The second-order valence-corrected chi connectivity index (χ2v) is 4.67. The minimum atomic E-state index is -0.141. The Morgan fingerprint density at radius 2 is 1.83 bits per heavy atom. The number of rotatable bonds is 3. The summed E-state index contributed by atoms with van der Waals surface area (Å²) in [6.45, 7) is 2.15. The van der Waals surface area contributed by atoms with Crippen molar-refractivity contribution in [2.75, 3.05) is 29.9 Å². The Morgan fingerprint density at radius 1 is 1.17 bits per heavy atom. The molecule has 4 heteroatoms. The lowest BCUT2D eigenvalue weighted by atomic mass is 10.2. The number of benzene rings is 1. The van der Waals surface area contributed by atoms with Crippen molar-refractivity contribution in [2.45, 2.75) is 25.7 Å². The van der Waals surface area contributed by atoms with E-state index in [1.807, 2.05) is 18.2 Å². The fourth-order valence-electron chi connectivity index (χ4n) is 2.37. The first-order chi connectivity index (χ1) is 8.81. The molecule has 3 N–H and O–H groups in total. The summed E-state index contributed by atoms with van der Waals surface area (Å²) in [6, 6.07) is 7.96. The summed E-state index contributed by atoms with van der Waals surface area (Å²) in [4.78, 5) is 13.8. The molecule has 18 heavy (non-hydrogen) atoms. The monoisotopic (exact) mass is 247 g/mol. The fraction of sp³-hybridized carbons (Fsp3) is 0.500. The molecule has 0 spiro atoms. The Bertz CT molecular complexity index is 398. The molecule has 0 aliphatic carbocycles. The Morgan fingerprint density at radius 3 is 2.50 bits per heavy atom. The first kappa shape index (κ1) is 12.9. The van der Waals surface area contributed by atoms with Crippen LogP contribution in [0.4, 0.5) is 11.4 Å². The van der Waals surface area contributed by atoms with E-state index in [1.165, 1.54) is 25.7 Å². The summed E-state index contributed by atoms with van der Waals surface area (Å²) < 4.78 is 0. The smallest absolute Gasteiger partial charge is 0.238 e. The molecule has 0 aromatic heterocycles. The first-order valence-corrected chi connectivity index (χ1v) is 6.65. The maximum atomic E-state index is 11.4. The van der Waals surface area contributed by atoms with Crippen LogP contribution in [0.3, 0.4) is 0 Å². The van der Waals surface area contributed by atoms with Crippen LogP contribution in [-0.4, -0.2) is 25.5 Å². The average Bonchev–Trinajstić information content (AvgIpc) is 2.68. The van der Waals surface area contributed by atoms with Gasteiger partial charge in [-0.1, -0.05) is 25.0 Å². The normalized spacial score (nSPS) is 16.2. The number of hydrogen-bond acceptors (Lipinski definition) is 3. The van der Waals surface area contributed by atoms with E-state index in [1.54, 1.807) is 0 Å². The van der Waals surface area contributed by atoms with Gasteiger partial charge in [0.1, 0.15) is 0 Å². The minimum Gasteiger partial charge on any atom is -0.370 e. The number of hydrogen-bond donors (Lipinski definition) is 2. The molecular formula is C14H21N3O. The highest BCUT2D eigenvalue weighted by Gasteiger charge is 2.13. The molecule has 0 atom stereocenters. The topological polar surface area (TPSA) is 58.4 Å². The van der Waals surface area contributed by atoms with Crippen LogP contribution in [0, 0.1) is 0 Å². The lowest BCUT2D eigenvalue weighted by molar-refractivity contribution is -0.114. The van der Waals surface area contributed by atoms with E-state index >= 15 is 0 Å². The van der Waals surface area contributed by atoms with Gasteiger partial charge in [-0.25, -0.2) is 0 Å². The molecule has 1 aromatic carbocycles. The van der Waals surface area contributed by atoms with Gasteiger partial charge in [0, 0.05) is 13.1 Å². The van der Waals surface area contributed by atoms with Crippen LogP contribution in [0.2, 0.25) is 0 Å². The van der Waals surface area contributed by atoms with Gasteiger partial charge < -0.3 is 16.0 Å². The molecule has 2 rings (SSSR count). The zero-order valence-corrected chi connectivity index (χ0v) is 10.7. The molecule has 0 bridgehead atoms. The maximum absolute atomic E-state index is 11.4. The highest BCUT2D eigenvalue weighted by Crippen LogP contribution is 2.27. The second kappa shape index (κ2) is 6.40. The third-order valence-corrected chi connectivity index (χ3v) is 3.31. The van der Waals surface area contributed by atoms with Crippen LogP contribution in [-0.2, 0) is 4.79 Å². The molecule has 4 nitrogen and oxygen atoms in total. The summed E-state index contributed by atoms with van der Waals surface area (Å²) in [5.41, 5.74) is 7.33. The largest absolute Gasteiger partial charge is 0.370 e. The third kappa shape index (κ3) is 3.23. The number of nitrogens with zero attached hydrogens (tertiary/aromatic N) is 1. The van der Waals surface area contributed by atoms with Gasteiger partial charge in [0.05, 0.1) is 17.9 Å². The Hall–Kier alpha value is -1.55. The van der Waals surface area contributed by atoms with Gasteiger partial charge in [-0.2, -0.15) is 0 Å². The molecule has 0 unspecified atom stereocenters. The van der Waals surface area contributed by atoms with Crippen molar-refractivity contribution in [1.82, 2.24) is 0 Å². The molecule has 1 aromatic rings. The van der Waals surface area contributed by atoms with Crippen LogP contribution < -0.4 is 16.0 Å². The number of nitrogens with two attached hydrogens (primary N) is 1. The summed E-state index contributed by atoms with van der Waals surface area (Å²) in [5.74, 6) is -0.141. The molecule has 1 aliphatic rings. The first-order valence-electron chi connectivity index (χ1n) is 6.65. The molecule has 0 radical (unpaired) electrons. The van der Waals surface area contributed by atoms with Crippen LogP contribution >= 0.6 is 0 Å². The quantitative estimate of drug-likeness (QED) is 0.858. The molecule has 98 valence electrons. The van der Waals surface area contributed by atoms with Gasteiger partial charge in [0.25, 0.3) is 0 Å². The zero-order chi connectivity index (χ0) is 12.8. The van der Waals surface area contributed by atoms with Crippen molar-refractivity contribution in [3.8, 4) is 0 Å². The molecule has 1 aliphatic heterocycles. The van der Waals surface area contributed by atoms with Crippen molar-refractivity contribution >= 4 is 17.3 Å². The third-order valence-electron chi connectivity index (χ3n) is 3.31. The van der Waals surface area contributed by atoms with Crippen molar-refractivity contribution < 1.29 is 4.79 Å².